The van der Waals surface area contributed by atoms with E-state index in [-0.39, 0.29) is 10.8 Å². The minimum atomic E-state index is -0.777. The van der Waals surface area contributed by atoms with Gasteiger partial charge >= 0.3 is 0 Å². The van der Waals surface area contributed by atoms with Gasteiger partial charge in [-0.05, 0) is 45.4 Å². The van der Waals surface area contributed by atoms with Crippen molar-refractivity contribution in [2.24, 2.45) is 0 Å². The summed E-state index contributed by atoms with van der Waals surface area (Å²) in [6.07, 6.45) is 0. The first-order valence-corrected chi connectivity index (χ1v) is 7.28. The molecule has 0 fully saturated rings. The number of benzene rings is 2. The van der Waals surface area contributed by atoms with Gasteiger partial charge in [0, 0.05) is 5.41 Å². The van der Waals surface area contributed by atoms with Gasteiger partial charge in [-0.3, -0.25) is 0 Å². The van der Waals surface area contributed by atoms with Gasteiger partial charge in [-0.1, -0.05) is 52.8 Å². The molecule has 0 saturated carbocycles. The van der Waals surface area contributed by atoms with E-state index in [1.165, 1.54) is 17.7 Å². The van der Waals surface area contributed by atoms with Gasteiger partial charge in [0.15, 0.2) is 11.6 Å². The Hall–Kier alpha value is -1.70. The Bertz CT molecular complexity index is 734. The van der Waals surface area contributed by atoms with Gasteiger partial charge in [0.05, 0.1) is 0 Å². The largest absolute Gasteiger partial charge is 0.204 e. The van der Waals surface area contributed by atoms with Gasteiger partial charge in [-0.25, -0.2) is 8.78 Å². The summed E-state index contributed by atoms with van der Waals surface area (Å²) >= 11 is 0. The normalized spacial score (nSPS) is 15.8. The van der Waals surface area contributed by atoms with E-state index in [0.29, 0.717) is 0 Å². The molecule has 0 aliphatic heterocycles. The summed E-state index contributed by atoms with van der Waals surface area (Å²) in [5.74, 6) is -1.55. The van der Waals surface area contributed by atoms with Crippen LogP contribution < -0.4 is 0 Å². The number of fused-ring (bicyclic) bond motifs is 3. The summed E-state index contributed by atoms with van der Waals surface area (Å²) in [5, 5.41) is 0. The van der Waals surface area contributed by atoms with Crippen molar-refractivity contribution >= 4 is 0 Å². The Balaban J connectivity index is 2.43. The molecule has 1 aliphatic rings. The van der Waals surface area contributed by atoms with E-state index in [2.05, 4.69) is 46.8 Å². The lowest BCUT2D eigenvalue weighted by Crippen LogP contribution is -2.17. The van der Waals surface area contributed by atoms with Crippen LogP contribution in [0.1, 0.15) is 51.3 Å². The van der Waals surface area contributed by atoms with Crippen LogP contribution in [0.5, 0.6) is 0 Å². The van der Waals surface area contributed by atoms with Crippen molar-refractivity contribution in [3.05, 3.63) is 58.7 Å². The summed E-state index contributed by atoms with van der Waals surface area (Å²) in [6, 6.07) is 8.91. The number of rotatable bonds is 0. The predicted octanol–water partition coefficient (Wildman–Crippen LogP) is 5.57. The highest BCUT2D eigenvalue weighted by Gasteiger charge is 2.39. The Morgan fingerprint density at radius 2 is 1.52 bits per heavy atom. The highest BCUT2D eigenvalue weighted by Crippen LogP contribution is 2.52. The van der Waals surface area contributed by atoms with E-state index in [4.69, 9.17) is 0 Å². The SMILES string of the molecule is CC(C)(C)c1cccc2c1-c1cc(F)c(F)cc1C2(C)C. The summed E-state index contributed by atoms with van der Waals surface area (Å²) in [7, 11) is 0. The summed E-state index contributed by atoms with van der Waals surface area (Å²) < 4.78 is 27.5. The molecule has 0 heterocycles. The molecule has 21 heavy (non-hydrogen) atoms. The van der Waals surface area contributed by atoms with Crippen molar-refractivity contribution < 1.29 is 8.78 Å². The second-order valence-electron chi connectivity index (χ2n) is 7.42. The van der Waals surface area contributed by atoms with Crippen LogP contribution in [0, 0.1) is 11.6 Å². The molecular weight excluding hydrogens is 266 g/mol. The van der Waals surface area contributed by atoms with Gasteiger partial charge < -0.3 is 0 Å². The van der Waals surface area contributed by atoms with Crippen molar-refractivity contribution in [1.82, 2.24) is 0 Å². The first-order valence-electron chi connectivity index (χ1n) is 7.28. The molecule has 0 nitrogen and oxygen atoms in total. The molecule has 0 radical (unpaired) electrons. The molecule has 0 bridgehead atoms. The molecule has 0 saturated heterocycles. The van der Waals surface area contributed by atoms with Crippen molar-refractivity contribution in [2.45, 2.75) is 45.4 Å². The minimum Gasteiger partial charge on any atom is -0.204 e. The zero-order valence-electron chi connectivity index (χ0n) is 13.1. The van der Waals surface area contributed by atoms with Gasteiger partial charge in [-0.15, -0.1) is 0 Å². The van der Waals surface area contributed by atoms with E-state index < -0.39 is 11.6 Å². The van der Waals surface area contributed by atoms with Gasteiger partial charge in [0.25, 0.3) is 0 Å². The van der Waals surface area contributed by atoms with E-state index in [0.717, 1.165) is 22.3 Å². The Morgan fingerprint density at radius 3 is 2.14 bits per heavy atom. The smallest absolute Gasteiger partial charge is 0.159 e. The molecular formula is C19H20F2. The maximum atomic E-state index is 13.8. The van der Waals surface area contributed by atoms with Crippen molar-refractivity contribution in [2.75, 3.05) is 0 Å². The van der Waals surface area contributed by atoms with Crippen LogP contribution in [-0.4, -0.2) is 0 Å². The molecule has 0 unspecified atom stereocenters. The summed E-state index contributed by atoms with van der Waals surface area (Å²) in [6.45, 7) is 10.6. The first kappa shape index (κ1) is 14.2. The lowest BCUT2D eigenvalue weighted by atomic mass is 9.79. The van der Waals surface area contributed by atoms with Crippen molar-refractivity contribution in [1.29, 1.82) is 0 Å². The van der Waals surface area contributed by atoms with E-state index in [9.17, 15) is 8.78 Å². The van der Waals surface area contributed by atoms with E-state index in [1.54, 1.807) is 0 Å². The summed E-state index contributed by atoms with van der Waals surface area (Å²) in [4.78, 5) is 0. The fourth-order valence-corrected chi connectivity index (χ4v) is 3.40. The lowest BCUT2D eigenvalue weighted by Gasteiger charge is -2.25. The molecule has 2 aromatic carbocycles. The second-order valence-corrected chi connectivity index (χ2v) is 7.42. The number of hydrogen-bond donors (Lipinski definition) is 0. The third-order valence-electron chi connectivity index (χ3n) is 4.55. The van der Waals surface area contributed by atoms with Crippen LogP contribution in [0.2, 0.25) is 0 Å². The first-order chi connectivity index (χ1) is 9.64. The zero-order valence-corrected chi connectivity index (χ0v) is 13.1. The van der Waals surface area contributed by atoms with Crippen LogP contribution in [0.3, 0.4) is 0 Å². The maximum absolute atomic E-state index is 13.8. The molecule has 110 valence electrons. The quantitative estimate of drug-likeness (QED) is 0.594. The van der Waals surface area contributed by atoms with Crippen LogP contribution in [0.15, 0.2) is 30.3 Å². The Morgan fingerprint density at radius 1 is 0.905 bits per heavy atom. The van der Waals surface area contributed by atoms with Crippen molar-refractivity contribution in [3.63, 3.8) is 0 Å². The molecule has 0 aromatic heterocycles. The molecule has 3 rings (SSSR count). The van der Waals surface area contributed by atoms with Crippen LogP contribution in [0.25, 0.3) is 11.1 Å². The Labute approximate surface area is 124 Å². The molecule has 1 aliphatic carbocycles. The minimum absolute atomic E-state index is 0.0477. The molecule has 0 N–H and O–H groups in total. The van der Waals surface area contributed by atoms with Crippen LogP contribution >= 0.6 is 0 Å². The van der Waals surface area contributed by atoms with E-state index in [1.807, 2.05) is 6.07 Å². The third-order valence-corrected chi connectivity index (χ3v) is 4.55. The Kier molecular flexibility index (Phi) is 2.82. The predicted molar refractivity (Wildman–Crippen MR) is 82.6 cm³/mol. The average Bonchev–Trinajstić information content (AvgIpc) is 2.59. The molecule has 0 atom stereocenters. The lowest BCUT2D eigenvalue weighted by molar-refractivity contribution is 0.504. The van der Waals surface area contributed by atoms with Gasteiger partial charge in [0.2, 0.25) is 0 Å². The average molecular weight is 286 g/mol. The van der Waals surface area contributed by atoms with Gasteiger partial charge in [0.1, 0.15) is 0 Å². The monoisotopic (exact) mass is 286 g/mol. The standard InChI is InChI=1S/C19H20F2/c1-18(2,3)12-7-6-8-13-17(12)11-9-15(20)16(21)10-14(11)19(13,4)5/h6-10H,1-5H3. The molecule has 2 heteroatoms. The van der Waals surface area contributed by atoms with Gasteiger partial charge in [-0.2, -0.15) is 0 Å². The maximum Gasteiger partial charge on any atom is 0.159 e. The van der Waals surface area contributed by atoms with E-state index >= 15 is 0 Å². The molecule has 2 aromatic rings. The third kappa shape index (κ3) is 1.92. The highest BCUT2D eigenvalue weighted by molar-refractivity contribution is 5.83. The number of hydrogen-bond acceptors (Lipinski definition) is 0. The summed E-state index contributed by atoms with van der Waals surface area (Å²) in [5.41, 5.74) is 4.75. The molecule has 0 spiro atoms. The van der Waals surface area contributed by atoms with Crippen LogP contribution in [0.4, 0.5) is 8.78 Å². The fraction of sp³-hybridized carbons (Fsp3) is 0.368. The zero-order chi connectivity index (χ0) is 15.6. The number of halogens is 2. The fourth-order valence-electron chi connectivity index (χ4n) is 3.40. The van der Waals surface area contributed by atoms with Crippen molar-refractivity contribution in [3.8, 4) is 11.1 Å². The second kappa shape index (κ2) is 4.16. The van der Waals surface area contributed by atoms with Crippen LogP contribution in [-0.2, 0) is 10.8 Å². The molecule has 0 amide bonds. The topological polar surface area (TPSA) is 0 Å². The highest BCUT2D eigenvalue weighted by atomic mass is 19.2.